The Labute approximate surface area is 202 Å². The maximum absolute atomic E-state index is 12.7. The fourth-order valence-electron chi connectivity index (χ4n) is 5.29. The number of carbonyl (C=O) groups excluding carboxylic acids is 2. The lowest BCUT2D eigenvalue weighted by Gasteiger charge is -2.38. The van der Waals surface area contributed by atoms with E-state index in [1.807, 2.05) is 0 Å². The molecular formula is C25H38N2O6S. The molecule has 3 saturated carbocycles. The van der Waals surface area contributed by atoms with E-state index in [-0.39, 0.29) is 18.8 Å². The van der Waals surface area contributed by atoms with Crippen molar-refractivity contribution in [3.63, 3.8) is 0 Å². The van der Waals surface area contributed by atoms with Gasteiger partial charge in [0, 0.05) is 30.2 Å². The van der Waals surface area contributed by atoms with Gasteiger partial charge in [-0.3, -0.25) is 14.3 Å². The molecular weight excluding hydrogens is 456 g/mol. The SMILES string of the molecule is COC(=O)CC[C@@H](CC(=O)NS(=O)(=O)C1CC1)c1noc(C2CC(CC(C)(C)C)C2)c1C1CC1. The number of nitrogens with zero attached hydrogens (tertiary/aromatic N) is 1. The van der Waals surface area contributed by atoms with Crippen LogP contribution in [0.25, 0.3) is 0 Å². The van der Waals surface area contributed by atoms with Gasteiger partial charge in [-0.05, 0) is 68.6 Å². The average Bonchev–Trinajstić information content (AvgIpc) is 3.63. The molecule has 34 heavy (non-hydrogen) atoms. The van der Waals surface area contributed by atoms with Gasteiger partial charge in [-0.1, -0.05) is 25.9 Å². The Morgan fingerprint density at radius 2 is 1.82 bits per heavy atom. The molecule has 0 unspecified atom stereocenters. The maximum atomic E-state index is 12.7. The first-order valence-corrected chi connectivity index (χ1v) is 14.1. The van der Waals surface area contributed by atoms with Crippen molar-refractivity contribution >= 4 is 21.9 Å². The normalized spacial score (nSPS) is 23.8. The lowest BCUT2D eigenvalue weighted by molar-refractivity contribution is -0.141. The third-order valence-electron chi connectivity index (χ3n) is 7.24. The maximum Gasteiger partial charge on any atom is 0.305 e. The van der Waals surface area contributed by atoms with Crippen LogP contribution >= 0.6 is 0 Å². The largest absolute Gasteiger partial charge is 0.469 e. The van der Waals surface area contributed by atoms with Crippen molar-refractivity contribution in [2.24, 2.45) is 11.3 Å². The standard InChI is InChI=1S/C25H38N2O6S/c1-25(2,3)14-15-11-18(12-15)24-22(16-5-6-16)23(26-33-24)17(7-10-21(29)32-4)13-20(28)27-34(30,31)19-8-9-19/h15-19H,5-14H2,1-4H3,(H,27,28)/t15?,17-,18?/m0/s1. The second kappa shape index (κ2) is 9.63. The van der Waals surface area contributed by atoms with Crippen molar-refractivity contribution in [1.82, 2.24) is 9.88 Å². The van der Waals surface area contributed by atoms with Crippen LogP contribution in [-0.4, -0.2) is 37.8 Å². The first kappa shape index (κ1) is 25.2. The molecule has 190 valence electrons. The summed E-state index contributed by atoms with van der Waals surface area (Å²) in [6.07, 6.45) is 7.08. The summed E-state index contributed by atoms with van der Waals surface area (Å²) in [5, 5.41) is 3.96. The highest BCUT2D eigenvalue weighted by Crippen LogP contribution is 2.53. The Morgan fingerprint density at radius 3 is 2.38 bits per heavy atom. The Balaban J connectivity index is 1.51. The molecule has 3 aliphatic rings. The van der Waals surface area contributed by atoms with E-state index in [2.05, 4.69) is 30.6 Å². The summed E-state index contributed by atoms with van der Waals surface area (Å²) in [5.74, 6) is 1.02. The molecule has 0 bridgehead atoms. The van der Waals surface area contributed by atoms with Crippen molar-refractivity contribution in [3.8, 4) is 0 Å². The summed E-state index contributed by atoms with van der Waals surface area (Å²) in [7, 11) is -2.29. The van der Waals surface area contributed by atoms with E-state index in [0.29, 0.717) is 42.4 Å². The molecule has 1 N–H and O–H groups in total. The van der Waals surface area contributed by atoms with E-state index < -0.39 is 27.1 Å². The molecule has 1 aromatic rings. The van der Waals surface area contributed by atoms with Gasteiger partial charge in [0.2, 0.25) is 15.9 Å². The van der Waals surface area contributed by atoms with Crippen LogP contribution in [0.4, 0.5) is 0 Å². The van der Waals surface area contributed by atoms with Crippen molar-refractivity contribution in [1.29, 1.82) is 0 Å². The van der Waals surface area contributed by atoms with Gasteiger partial charge in [0.25, 0.3) is 0 Å². The molecule has 0 spiro atoms. The van der Waals surface area contributed by atoms with Crippen LogP contribution < -0.4 is 4.72 Å². The summed E-state index contributed by atoms with van der Waals surface area (Å²) in [6, 6.07) is 0. The summed E-state index contributed by atoms with van der Waals surface area (Å²) < 4.78 is 37.4. The molecule has 0 saturated heterocycles. The first-order valence-electron chi connectivity index (χ1n) is 12.6. The van der Waals surface area contributed by atoms with E-state index in [1.165, 1.54) is 13.5 Å². The summed E-state index contributed by atoms with van der Waals surface area (Å²) >= 11 is 0. The number of methoxy groups -OCH3 is 1. The van der Waals surface area contributed by atoms with Gasteiger partial charge in [-0.2, -0.15) is 0 Å². The van der Waals surface area contributed by atoms with Gasteiger partial charge >= 0.3 is 5.97 Å². The highest BCUT2D eigenvalue weighted by Gasteiger charge is 2.43. The number of hydrogen-bond acceptors (Lipinski definition) is 7. The lowest BCUT2D eigenvalue weighted by Crippen LogP contribution is -2.34. The van der Waals surface area contributed by atoms with Crippen LogP contribution in [0.5, 0.6) is 0 Å². The van der Waals surface area contributed by atoms with Gasteiger partial charge in [0.15, 0.2) is 0 Å². The van der Waals surface area contributed by atoms with Crippen molar-refractivity contribution in [3.05, 3.63) is 17.0 Å². The number of rotatable bonds is 11. The quantitative estimate of drug-likeness (QED) is 0.450. The van der Waals surface area contributed by atoms with E-state index in [1.54, 1.807) is 0 Å². The fourth-order valence-corrected chi connectivity index (χ4v) is 6.62. The molecule has 1 aromatic heterocycles. The van der Waals surface area contributed by atoms with E-state index >= 15 is 0 Å². The van der Waals surface area contributed by atoms with Gasteiger partial charge in [-0.15, -0.1) is 0 Å². The number of sulfonamides is 1. The minimum Gasteiger partial charge on any atom is -0.469 e. The minimum atomic E-state index is -3.62. The van der Waals surface area contributed by atoms with Crippen LogP contribution in [0, 0.1) is 11.3 Å². The molecule has 9 heteroatoms. The van der Waals surface area contributed by atoms with E-state index in [4.69, 9.17) is 9.26 Å². The van der Waals surface area contributed by atoms with Crippen LogP contribution in [0.1, 0.15) is 120 Å². The monoisotopic (exact) mass is 494 g/mol. The number of nitrogens with one attached hydrogen (secondary N) is 1. The van der Waals surface area contributed by atoms with Crippen LogP contribution in [-0.2, 0) is 24.3 Å². The molecule has 3 aliphatic carbocycles. The van der Waals surface area contributed by atoms with Crippen molar-refractivity contribution in [2.45, 2.75) is 108 Å². The molecule has 1 atom stereocenters. The van der Waals surface area contributed by atoms with Gasteiger partial charge in [0.05, 0.1) is 18.1 Å². The van der Waals surface area contributed by atoms with Crippen molar-refractivity contribution < 1.29 is 27.3 Å². The second-order valence-corrected chi connectivity index (χ2v) is 13.7. The zero-order valence-corrected chi connectivity index (χ0v) is 21.6. The first-order chi connectivity index (χ1) is 16.0. The highest BCUT2D eigenvalue weighted by molar-refractivity contribution is 7.90. The third-order valence-corrected chi connectivity index (χ3v) is 9.10. The average molecular weight is 495 g/mol. The molecule has 1 heterocycles. The number of esters is 1. The Morgan fingerprint density at radius 1 is 1.15 bits per heavy atom. The number of aromatic nitrogens is 1. The molecule has 8 nitrogen and oxygen atoms in total. The third kappa shape index (κ3) is 6.20. The van der Waals surface area contributed by atoms with Crippen LogP contribution in [0.2, 0.25) is 0 Å². The summed E-state index contributed by atoms with van der Waals surface area (Å²) in [6.45, 7) is 6.80. The van der Waals surface area contributed by atoms with Gasteiger partial charge in [-0.25, -0.2) is 8.42 Å². The van der Waals surface area contributed by atoms with Crippen LogP contribution in [0.3, 0.4) is 0 Å². The topological polar surface area (TPSA) is 116 Å². The molecule has 3 fully saturated rings. The minimum absolute atomic E-state index is 0.0496. The van der Waals surface area contributed by atoms with Crippen molar-refractivity contribution in [2.75, 3.05) is 7.11 Å². The Hall–Kier alpha value is -1.90. The van der Waals surface area contributed by atoms with Gasteiger partial charge < -0.3 is 9.26 Å². The molecule has 0 aliphatic heterocycles. The molecule has 0 aromatic carbocycles. The Bertz CT molecular complexity index is 1010. The summed E-state index contributed by atoms with van der Waals surface area (Å²) in [5.41, 5.74) is 2.13. The second-order valence-electron chi connectivity index (χ2n) is 11.7. The number of carbonyl (C=O) groups is 2. The zero-order valence-electron chi connectivity index (χ0n) is 20.8. The predicted molar refractivity (Wildman–Crippen MR) is 127 cm³/mol. The fraction of sp³-hybridized carbons (Fsp3) is 0.800. The summed E-state index contributed by atoms with van der Waals surface area (Å²) in [4.78, 5) is 24.6. The van der Waals surface area contributed by atoms with E-state index in [9.17, 15) is 18.0 Å². The predicted octanol–water partition coefficient (Wildman–Crippen LogP) is 4.52. The van der Waals surface area contributed by atoms with Gasteiger partial charge in [0.1, 0.15) is 5.76 Å². The lowest BCUT2D eigenvalue weighted by atomic mass is 9.66. The van der Waals surface area contributed by atoms with Crippen LogP contribution in [0.15, 0.2) is 4.52 Å². The number of amides is 1. The molecule has 0 radical (unpaired) electrons. The number of hydrogen-bond donors (Lipinski definition) is 1. The zero-order chi connectivity index (χ0) is 24.7. The molecule has 1 amide bonds. The highest BCUT2D eigenvalue weighted by atomic mass is 32.2. The van der Waals surface area contributed by atoms with E-state index in [0.717, 1.165) is 42.7 Å². The smallest absolute Gasteiger partial charge is 0.305 e. The molecule has 4 rings (SSSR count). The number of ether oxygens (including phenoxy) is 1. The Kier molecular flexibility index (Phi) is 7.14.